The molecule has 3 N–H and O–H groups in total. The molecule has 1 atom stereocenters. The fourth-order valence-electron chi connectivity index (χ4n) is 1.89. The molecular formula is C16H14ClFN2O3. The number of amides is 1. The van der Waals surface area contributed by atoms with Crippen molar-refractivity contribution < 1.29 is 19.4 Å². The highest BCUT2D eigenvalue weighted by Gasteiger charge is 2.14. The van der Waals surface area contributed by atoms with E-state index >= 15 is 0 Å². The summed E-state index contributed by atoms with van der Waals surface area (Å²) in [6.45, 7) is -0.395. The average Bonchev–Trinajstić information content (AvgIpc) is 2.53. The number of nitrogens with zero attached hydrogens (tertiary/aromatic N) is 1. The van der Waals surface area contributed by atoms with Crippen LogP contribution in [0.25, 0.3) is 6.08 Å². The number of benzene rings is 1. The third-order valence-corrected chi connectivity index (χ3v) is 3.32. The number of aromatic hydroxyl groups is 1. The molecule has 0 aliphatic carbocycles. The number of aliphatic hydroxyl groups excluding tert-OH is 1. The summed E-state index contributed by atoms with van der Waals surface area (Å²) in [5.74, 6) is -1.13. The van der Waals surface area contributed by atoms with Crippen molar-refractivity contribution in [2.45, 2.75) is 6.04 Å². The molecule has 2 aromatic rings. The zero-order valence-corrected chi connectivity index (χ0v) is 12.7. The molecule has 120 valence electrons. The fraction of sp³-hybridized carbons (Fsp3) is 0.125. The number of aromatic nitrogens is 1. The summed E-state index contributed by atoms with van der Waals surface area (Å²) in [6.07, 6.45) is 5.43. The molecule has 23 heavy (non-hydrogen) atoms. The highest BCUT2D eigenvalue weighted by molar-refractivity contribution is 6.30. The zero-order valence-electron chi connectivity index (χ0n) is 11.9. The van der Waals surface area contributed by atoms with Crippen molar-refractivity contribution in [1.82, 2.24) is 10.3 Å². The molecule has 0 aliphatic heterocycles. The van der Waals surface area contributed by atoms with Crippen LogP contribution in [-0.4, -0.2) is 27.7 Å². The van der Waals surface area contributed by atoms with Gasteiger partial charge >= 0.3 is 0 Å². The lowest BCUT2D eigenvalue weighted by molar-refractivity contribution is -0.117. The van der Waals surface area contributed by atoms with Crippen molar-refractivity contribution in [3.05, 3.63) is 64.7 Å². The minimum atomic E-state index is -0.763. The summed E-state index contributed by atoms with van der Waals surface area (Å²) in [5.41, 5.74) is 0.938. The van der Waals surface area contributed by atoms with E-state index in [0.29, 0.717) is 11.1 Å². The van der Waals surface area contributed by atoms with E-state index in [1.807, 2.05) is 0 Å². The Morgan fingerprint density at radius 3 is 2.83 bits per heavy atom. The summed E-state index contributed by atoms with van der Waals surface area (Å²) in [6, 6.07) is 4.72. The van der Waals surface area contributed by atoms with Gasteiger partial charge in [-0.2, -0.15) is 0 Å². The Morgan fingerprint density at radius 2 is 2.17 bits per heavy atom. The second-order valence-corrected chi connectivity index (χ2v) is 5.13. The molecule has 7 heteroatoms. The van der Waals surface area contributed by atoms with Gasteiger partial charge in [-0.25, -0.2) is 4.39 Å². The number of carbonyl (C=O) groups is 1. The highest BCUT2D eigenvalue weighted by Crippen LogP contribution is 2.20. The number of nitrogens with one attached hydrogen (secondary N) is 1. The first-order valence-electron chi connectivity index (χ1n) is 6.68. The Kier molecular flexibility index (Phi) is 5.67. The van der Waals surface area contributed by atoms with Crippen LogP contribution in [0.4, 0.5) is 4.39 Å². The van der Waals surface area contributed by atoms with Crippen LogP contribution in [0.3, 0.4) is 0 Å². The molecule has 2 rings (SSSR count). The van der Waals surface area contributed by atoms with Crippen molar-refractivity contribution in [2.75, 3.05) is 6.61 Å². The molecule has 0 radical (unpaired) electrons. The summed E-state index contributed by atoms with van der Waals surface area (Å²) < 4.78 is 13.4. The number of carbonyl (C=O) groups excluding carboxylic acids is 1. The van der Waals surface area contributed by atoms with Crippen molar-refractivity contribution >= 4 is 23.6 Å². The Hall–Kier alpha value is -2.44. The number of halogens is 2. The first kappa shape index (κ1) is 16.9. The Balaban J connectivity index is 2.06. The zero-order chi connectivity index (χ0) is 16.8. The van der Waals surface area contributed by atoms with Crippen LogP contribution in [0, 0.1) is 5.82 Å². The van der Waals surface area contributed by atoms with Gasteiger partial charge < -0.3 is 15.5 Å². The normalized spacial score (nSPS) is 12.3. The number of hydrogen-bond acceptors (Lipinski definition) is 4. The van der Waals surface area contributed by atoms with Crippen LogP contribution >= 0.6 is 11.6 Å². The van der Waals surface area contributed by atoms with Crippen LogP contribution in [0.2, 0.25) is 5.02 Å². The van der Waals surface area contributed by atoms with Crippen LogP contribution in [0.1, 0.15) is 17.2 Å². The van der Waals surface area contributed by atoms with Crippen molar-refractivity contribution in [3.63, 3.8) is 0 Å². The molecular weight excluding hydrogens is 323 g/mol. The summed E-state index contributed by atoms with van der Waals surface area (Å²) >= 11 is 5.60. The summed E-state index contributed by atoms with van der Waals surface area (Å²) in [5, 5.41) is 21.2. The molecule has 0 saturated heterocycles. The van der Waals surface area contributed by atoms with Crippen LogP contribution < -0.4 is 5.32 Å². The second-order valence-electron chi connectivity index (χ2n) is 4.73. The minimum Gasteiger partial charge on any atom is -0.506 e. The lowest BCUT2D eigenvalue weighted by Crippen LogP contribution is -2.29. The highest BCUT2D eigenvalue weighted by atomic mass is 35.5. The molecule has 0 bridgehead atoms. The number of pyridine rings is 1. The molecule has 0 saturated carbocycles. The van der Waals surface area contributed by atoms with Crippen molar-refractivity contribution in [3.8, 4) is 5.75 Å². The van der Waals surface area contributed by atoms with Gasteiger partial charge in [0.15, 0.2) is 0 Å². The van der Waals surface area contributed by atoms with Crippen LogP contribution in [0.15, 0.2) is 42.7 Å². The minimum absolute atomic E-state index is 0.0163. The van der Waals surface area contributed by atoms with E-state index < -0.39 is 24.4 Å². The maximum atomic E-state index is 13.4. The first-order valence-corrected chi connectivity index (χ1v) is 7.06. The molecule has 0 aliphatic rings. The third-order valence-electron chi connectivity index (χ3n) is 3.02. The Bertz CT molecular complexity index is 737. The number of rotatable bonds is 5. The summed E-state index contributed by atoms with van der Waals surface area (Å²) in [4.78, 5) is 15.7. The standard InChI is InChI=1S/C16H14ClFN2O3/c17-13-3-2-11(6-14(13)18)15(9-21)20-16(23)4-1-10-5-12(22)8-19-7-10/h1-8,15,21-22H,9H2,(H,20,23)/b4-1+. The average molecular weight is 337 g/mol. The molecule has 0 spiro atoms. The van der Waals surface area contributed by atoms with E-state index in [2.05, 4.69) is 10.3 Å². The van der Waals surface area contributed by atoms with Crippen molar-refractivity contribution in [1.29, 1.82) is 0 Å². The second kappa shape index (κ2) is 7.71. The van der Waals surface area contributed by atoms with Gasteiger partial charge in [0, 0.05) is 12.3 Å². The van der Waals surface area contributed by atoms with Gasteiger partial charge in [0.2, 0.25) is 5.91 Å². The van der Waals surface area contributed by atoms with Gasteiger partial charge in [-0.05, 0) is 35.4 Å². The van der Waals surface area contributed by atoms with Gasteiger partial charge in [0.1, 0.15) is 11.6 Å². The van der Waals surface area contributed by atoms with Crippen molar-refractivity contribution in [2.24, 2.45) is 0 Å². The lowest BCUT2D eigenvalue weighted by Gasteiger charge is -2.16. The number of aliphatic hydroxyl groups is 1. The molecule has 5 nitrogen and oxygen atoms in total. The van der Waals surface area contributed by atoms with E-state index in [0.717, 1.165) is 6.07 Å². The Morgan fingerprint density at radius 1 is 1.39 bits per heavy atom. The maximum absolute atomic E-state index is 13.4. The first-order chi connectivity index (χ1) is 11.0. The molecule has 1 amide bonds. The molecule has 1 aromatic carbocycles. The predicted molar refractivity (Wildman–Crippen MR) is 84.3 cm³/mol. The Labute approximate surface area is 137 Å². The monoisotopic (exact) mass is 336 g/mol. The fourth-order valence-corrected chi connectivity index (χ4v) is 2.01. The van der Waals surface area contributed by atoms with E-state index in [4.69, 9.17) is 11.6 Å². The topological polar surface area (TPSA) is 82.5 Å². The van der Waals surface area contributed by atoms with E-state index in [-0.39, 0.29) is 10.8 Å². The molecule has 1 heterocycles. The van der Waals surface area contributed by atoms with Gasteiger partial charge in [0.05, 0.1) is 23.9 Å². The predicted octanol–water partition coefficient (Wildman–Crippen LogP) is 2.44. The van der Waals surface area contributed by atoms with Crippen LogP contribution in [0.5, 0.6) is 5.75 Å². The maximum Gasteiger partial charge on any atom is 0.244 e. The molecule has 0 fully saturated rings. The van der Waals surface area contributed by atoms with Gasteiger partial charge in [-0.15, -0.1) is 0 Å². The lowest BCUT2D eigenvalue weighted by atomic mass is 10.1. The van der Waals surface area contributed by atoms with E-state index in [1.54, 1.807) is 0 Å². The summed E-state index contributed by atoms with van der Waals surface area (Å²) in [7, 11) is 0. The van der Waals surface area contributed by atoms with Gasteiger partial charge in [-0.1, -0.05) is 17.7 Å². The number of hydrogen-bond donors (Lipinski definition) is 3. The van der Waals surface area contributed by atoms with Crippen LogP contribution in [-0.2, 0) is 4.79 Å². The SMILES string of the molecule is O=C(/C=C/c1cncc(O)c1)NC(CO)c1ccc(Cl)c(F)c1. The quantitative estimate of drug-likeness (QED) is 0.732. The molecule has 1 aromatic heterocycles. The van der Waals surface area contributed by atoms with E-state index in [1.165, 1.54) is 42.7 Å². The van der Waals surface area contributed by atoms with Gasteiger partial charge in [-0.3, -0.25) is 9.78 Å². The largest absolute Gasteiger partial charge is 0.506 e. The smallest absolute Gasteiger partial charge is 0.244 e. The third kappa shape index (κ3) is 4.77. The molecule has 1 unspecified atom stereocenters. The van der Waals surface area contributed by atoms with E-state index in [9.17, 15) is 19.4 Å². The van der Waals surface area contributed by atoms with Gasteiger partial charge in [0.25, 0.3) is 0 Å².